The summed E-state index contributed by atoms with van der Waals surface area (Å²) in [5.74, 6) is 0. The number of rotatable bonds is 34. The number of nitrogens with zero attached hydrogens (tertiary/aromatic N) is 5. The van der Waals surface area contributed by atoms with E-state index in [2.05, 4.69) is 74.7 Å². The molecule has 0 bridgehead atoms. The molecule has 0 amide bonds. The first-order valence-corrected chi connectivity index (χ1v) is 20.5. The normalized spacial score (nSPS) is 11.0. The summed E-state index contributed by atoms with van der Waals surface area (Å²) >= 11 is 0. The molecule has 2 aromatic heterocycles. The van der Waals surface area contributed by atoms with Gasteiger partial charge in [-0.2, -0.15) is 0 Å². The van der Waals surface area contributed by atoms with Gasteiger partial charge in [0.15, 0.2) is 0 Å². The van der Waals surface area contributed by atoms with Crippen LogP contribution in [-0.4, -0.2) is 20.1 Å². The smallest absolute Gasteiger partial charge is 0.244 e. The Bertz CT molecular complexity index is 918. The number of hydrogen-bond acceptors (Lipinski definition) is 2. The van der Waals surface area contributed by atoms with Gasteiger partial charge >= 0.3 is 0 Å². The zero-order valence-electron chi connectivity index (χ0n) is 32.0. The van der Waals surface area contributed by atoms with Crippen molar-refractivity contribution in [1.29, 1.82) is 0 Å². The van der Waals surface area contributed by atoms with Crippen molar-refractivity contribution < 1.29 is 39.2 Å². The SMILES string of the molecule is CCCCCCCCCCCCCCCCn1cc[n+](CC(C[n+]2ccn(CCCCCCCCCCCCCCCC)c2)=NO)c1.[Cl-].[Cl-]. The highest BCUT2D eigenvalue weighted by Gasteiger charge is 2.13. The number of imidazole rings is 2. The van der Waals surface area contributed by atoms with E-state index in [1.165, 1.54) is 180 Å². The van der Waals surface area contributed by atoms with Gasteiger partial charge < -0.3 is 30.0 Å². The summed E-state index contributed by atoms with van der Waals surface area (Å²) in [6.07, 6.45) is 51.8. The molecule has 0 atom stereocenters. The van der Waals surface area contributed by atoms with Gasteiger partial charge in [0.1, 0.15) is 43.6 Å². The van der Waals surface area contributed by atoms with Crippen molar-refractivity contribution in [3.63, 3.8) is 0 Å². The third-order valence-electron chi connectivity index (χ3n) is 9.90. The average molecular weight is 727 g/mol. The lowest BCUT2D eigenvalue weighted by Gasteiger charge is -2.03. The predicted octanol–water partition coefficient (Wildman–Crippen LogP) is 5.37. The lowest BCUT2D eigenvalue weighted by atomic mass is 10.0. The molecule has 0 radical (unpaired) electrons. The van der Waals surface area contributed by atoms with Crippen molar-refractivity contribution in [2.45, 2.75) is 220 Å². The van der Waals surface area contributed by atoms with Crippen LogP contribution >= 0.6 is 0 Å². The van der Waals surface area contributed by atoms with Crippen LogP contribution in [0.1, 0.15) is 194 Å². The summed E-state index contributed by atoms with van der Waals surface area (Å²) in [6.45, 7) is 7.93. The second-order valence-corrected chi connectivity index (χ2v) is 14.5. The van der Waals surface area contributed by atoms with E-state index >= 15 is 0 Å². The van der Waals surface area contributed by atoms with E-state index in [4.69, 9.17) is 0 Å². The van der Waals surface area contributed by atoms with E-state index < -0.39 is 0 Å². The Balaban J connectivity index is 0.0000115. The van der Waals surface area contributed by atoms with Crippen molar-refractivity contribution in [3.05, 3.63) is 37.4 Å². The Hall–Kier alpha value is -1.53. The van der Waals surface area contributed by atoms with Gasteiger partial charge in [0, 0.05) is 0 Å². The Kier molecular flexibility index (Phi) is 33.8. The fraction of sp³-hybridized carbons (Fsp3) is 0.829. The van der Waals surface area contributed by atoms with Crippen LogP contribution in [0.3, 0.4) is 0 Å². The molecule has 49 heavy (non-hydrogen) atoms. The highest BCUT2D eigenvalue weighted by molar-refractivity contribution is 5.81. The molecule has 1 N–H and O–H groups in total. The topological polar surface area (TPSA) is 50.2 Å². The summed E-state index contributed by atoms with van der Waals surface area (Å²) < 4.78 is 8.81. The summed E-state index contributed by atoms with van der Waals surface area (Å²) in [7, 11) is 0. The molecule has 2 aromatic rings. The highest BCUT2D eigenvalue weighted by atomic mass is 35.5. The zero-order chi connectivity index (χ0) is 33.5. The van der Waals surface area contributed by atoms with Crippen LogP contribution in [0.5, 0.6) is 0 Å². The average Bonchev–Trinajstić information content (AvgIpc) is 3.73. The van der Waals surface area contributed by atoms with Gasteiger partial charge in [-0.05, 0) is 25.7 Å². The molecule has 8 heteroatoms. The second kappa shape index (κ2) is 34.9. The van der Waals surface area contributed by atoms with Crippen LogP contribution in [0.15, 0.2) is 42.6 Å². The van der Waals surface area contributed by atoms with E-state index in [1.807, 2.05) is 0 Å². The van der Waals surface area contributed by atoms with Crippen molar-refractivity contribution in [2.24, 2.45) is 5.16 Å². The molecule has 0 aromatic carbocycles. The van der Waals surface area contributed by atoms with Gasteiger partial charge in [0.25, 0.3) is 0 Å². The Morgan fingerprint density at radius 1 is 0.449 bits per heavy atom. The molecule has 2 rings (SSSR count). The minimum atomic E-state index is 0. The molecule has 0 saturated carbocycles. The number of aryl methyl sites for hydroxylation is 2. The fourth-order valence-corrected chi connectivity index (χ4v) is 6.84. The largest absolute Gasteiger partial charge is 1.00 e. The Morgan fingerprint density at radius 2 is 0.714 bits per heavy atom. The Morgan fingerprint density at radius 3 is 0.980 bits per heavy atom. The molecular formula is C41H77Cl2N5O. The third kappa shape index (κ3) is 26.9. The maximum absolute atomic E-state index is 9.70. The quantitative estimate of drug-likeness (QED) is 0.0341. The Labute approximate surface area is 315 Å². The summed E-state index contributed by atoms with van der Waals surface area (Å²) in [5, 5.41) is 13.3. The molecule has 0 spiro atoms. The first-order chi connectivity index (χ1) is 23.2. The van der Waals surface area contributed by atoms with E-state index in [1.54, 1.807) is 0 Å². The molecule has 0 aliphatic carbocycles. The maximum atomic E-state index is 9.70. The van der Waals surface area contributed by atoms with Gasteiger partial charge in [-0.3, -0.25) is 0 Å². The van der Waals surface area contributed by atoms with E-state index in [0.29, 0.717) is 13.1 Å². The van der Waals surface area contributed by atoms with Gasteiger partial charge in [-0.25, -0.2) is 18.3 Å². The number of unbranched alkanes of at least 4 members (excludes halogenated alkanes) is 26. The lowest BCUT2D eigenvalue weighted by molar-refractivity contribution is -0.698. The molecule has 0 unspecified atom stereocenters. The van der Waals surface area contributed by atoms with Crippen LogP contribution < -0.4 is 33.9 Å². The predicted molar refractivity (Wildman–Crippen MR) is 199 cm³/mol. The standard InChI is InChI=1S/C41H76N5O.2ClH/c1-3-5-7-9-11-13-15-17-19-21-23-25-27-29-31-43-33-35-45(39-43)37-41(42-47)38-46-36-34-44(40-46)32-30-28-26-24-22-20-18-16-14-12-10-8-6-4-2;;/h33-36,39-40H,3-32,37-38H2,1-2H3;2*1H/q+1;;/p-1. The van der Waals surface area contributed by atoms with Crippen LogP contribution in [0, 0.1) is 0 Å². The summed E-state index contributed by atoms with van der Waals surface area (Å²) in [4.78, 5) is 0. The van der Waals surface area contributed by atoms with Crippen LogP contribution in [0.25, 0.3) is 0 Å². The van der Waals surface area contributed by atoms with E-state index in [-0.39, 0.29) is 24.8 Å². The van der Waals surface area contributed by atoms with Crippen molar-refractivity contribution in [1.82, 2.24) is 9.13 Å². The van der Waals surface area contributed by atoms with Gasteiger partial charge in [0.05, 0.1) is 13.1 Å². The lowest BCUT2D eigenvalue weighted by Crippen LogP contribution is -3.00. The third-order valence-corrected chi connectivity index (χ3v) is 9.90. The van der Waals surface area contributed by atoms with Crippen molar-refractivity contribution in [2.75, 3.05) is 0 Å². The highest BCUT2D eigenvalue weighted by Crippen LogP contribution is 2.14. The molecular weight excluding hydrogens is 649 g/mol. The van der Waals surface area contributed by atoms with Crippen LogP contribution in [0.2, 0.25) is 0 Å². The molecule has 0 fully saturated rings. The first-order valence-electron chi connectivity index (χ1n) is 20.5. The molecule has 286 valence electrons. The van der Waals surface area contributed by atoms with Gasteiger partial charge in [-0.15, -0.1) is 0 Å². The van der Waals surface area contributed by atoms with E-state index in [0.717, 1.165) is 18.8 Å². The summed E-state index contributed by atoms with van der Waals surface area (Å²) in [6, 6.07) is 0. The minimum Gasteiger partial charge on any atom is -1.00 e. The van der Waals surface area contributed by atoms with Gasteiger partial charge in [-0.1, -0.05) is 173 Å². The molecule has 6 nitrogen and oxygen atoms in total. The number of aromatic nitrogens is 4. The minimum absolute atomic E-state index is 0. The number of oxime groups is 1. The van der Waals surface area contributed by atoms with Crippen LogP contribution in [0.4, 0.5) is 0 Å². The first kappa shape index (κ1) is 47.5. The number of halogens is 2. The maximum Gasteiger partial charge on any atom is 0.244 e. The number of hydrogen-bond donors (Lipinski definition) is 1. The molecule has 0 aliphatic heterocycles. The van der Waals surface area contributed by atoms with Crippen molar-refractivity contribution in [3.8, 4) is 0 Å². The van der Waals surface area contributed by atoms with Gasteiger partial charge in [0.2, 0.25) is 12.7 Å². The summed E-state index contributed by atoms with van der Waals surface area (Å²) in [5.41, 5.74) is 0.767. The molecule has 2 heterocycles. The van der Waals surface area contributed by atoms with Crippen LogP contribution in [-0.2, 0) is 26.2 Å². The zero-order valence-corrected chi connectivity index (χ0v) is 33.5. The fourth-order valence-electron chi connectivity index (χ4n) is 6.84. The van der Waals surface area contributed by atoms with Crippen molar-refractivity contribution >= 4 is 5.71 Å². The molecule has 0 saturated heterocycles. The van der Waals surface area contributed by atoms with E-state index in [9.17, 15) is 5.21 Å². The molecule has 0 aliphatic rings. The second-order valence-electron chi connectivity index (χ2n) is 14.5. The monoisotopic (exact) mass is 726 g/mol.